The van der Waals surface area contributed by atoms with E-state index in [1.54, 1.807) is 0 Å². The Balaban J connectivity index is -0.0000000400. The number of hydrogen-bond donors (Lipinski definition) is 0. The predicted molar refractivity (Wildman–Crippen MR) is 37.2 cm³/mol. The summed E-state index contributed by atoms with van der Waals surface area (Å²) in [4.78, 5) is 0. The van der Waals surface area contributed by atoms with Crippen LogP contribution in [-0.2, 0) is 31.2 Å². The van der Waals surface area contributed by atoms with Crippen LogP contribution in [0, 0.1) is 35.6 Å². The minimum Gasteiger partial charge on any atom is -0.759 e. The molecule has 0 aromatic carbocycles. The van der Waals surface area contributed by atoms with Crippen LogP contribution >= 0.6 is 0 Å². The Morgan fingerprint density at radius 3 is 0.471 bits per heavy atom. The number of hydrogen-bond acceptors (Lipinski definition) is 12. The molecule has 0 fully saturated rings. The Morgan fingerprint density at radius 2 is 0.471 bits per heavy atom. The molecule has 0 atom stereocenters. The third-order valence-electron chi connectivity index (χ3n) is 0. The van der Waals surface area contributed by atoms with Crippen LogP contribution < -0.4 is 0 Å². The molecule has 0 aliphatic heterocycles. The van der Waals surface area contributed by atoms with E-state index in [0.29, 0.717) is 0 Å². The summed E-state index contributed by atoms with van der Waals surface area (Å²) < 4.78 is 102. The first kappa shape index (κ1) is 31.0. The van der Waals surface area contributed by atoms with Gasteiger partial charge in [-0.2, -0.15) is 0 Å². The monoisotopic (exact) mass is 454 g/mol. The van der Waals surface area contributed by atoms with Crippen molar-refractivity contribution < 1.29 is 88.2 Å². The van der Waals surface area contributed by atoms with Crippen LogP contribution in [0.15, 0.2) is 0 Å². The average molecular weight is 454 g/mol. The SMILES string of the molecule is O=S(=O)([O-])[O-].O=S(=O)([O-])[O-].O=S(=O)([O-])[O-].[Al+3].[La+3]. The normalized spacial score (nSPS) is 10.2. The maximum absolute atomic E-state index is 8.52. The second-order valence-corrected chi connectivity index (χ2v) is 3.67. The summed E-state index contributed by atoms with van der Waals surface area (Å²) in [6.45, 7) is 0. The quantitative estimate of drug-likeness (QED) is 0.191. The van der Waals surface area contributed by atoms with E-state index in [1.165, 1.54) is 0 Å². The fraction of sp³-hybridized carbons (Fsp3) is 0. The van der Waals surface area contributed by atoms with E-state index in [-0.39, 0.29) is 53.0 Å². The van der Waals surface area contributed by atoms with E-state index in [0.717, 1.165) is 0 Å². The molecule has 12 nitrogen and oxygen atoms in total. The molecule has 0 rings (SSSR count). The Bertz CT molecular complexity index is 343. The molecule has 0 heterocycles. The van der Waals surface area contributed by atoms with Gasteiger partial charge in [0.2, 0.25) is 0 Å². The minimum absolute atomic E-state index is 0. The van der Waals surface area contributed by atoms with Gasteiger partial charge in [0.25, 0.3) is 0 Å². The smallest absolute Gasteiger partial charge is 0.759 e. The van der Waals surface area contributed by atoms with Crippen molar-refractivity contribution in [2.24, 2.45) is 0 Å². The molecule has 17 heavy (non-hydrogen) atoms. The molecule has 0 bridgehead atoms. The molecule has 0 radical (unpaired) electrons. The van der Waals surface area contributed by atoms with Crippen molar-refractivity contribution in [2.45, 2.75) is 0 Å². The zero-order chi connectivity index (χ0) is 13.5. The van der Waals surface area contributed by atoms with Gasteiger partial charge in [-0.15, -0.1) is 0 Å². The Morgan fingerprint density at radius 1 is 0.471 bits per heavy atom. The average Bonchev–Trinajstić information content (AvgIpc) is 1.41. The summed E-state index contributed by atoms with van der Waals surface area (Å²) in [6.07, 6.45) is 0. The van der Waals surface area contributed by atoms with Gasteiger partial charge in [-0.3, -0.25) is 25.3 Å². The molecule has 0 saturated carbocycles. The number of rotatable bonds is 0. The van der Waals surface area contributed by atoms with Gasteiger partial charge in [0.15, 0.2) is 0 Å². The molecule has 0 saturated heterocycles. The van der Waals surface area contributed by atoms with Gasteiger partial charge in [-0.1, -0.05) is 0 Å². The zero-order valence-corrected chi connectivity index (χ0v) is 14.5. The summed E-state index contributed by atoms with van der Waals surface area (Å²) in [6, 6.07) is 0. The first-order valence-electron chi connectivity index (χ1n) is 2.00. The third kappa shape index (κ3) is 2280. The summed E-state index contributed by atoms with van der Waals surface area (Å²) in [5.74, 6) is 0. The van der Waals surface area contributed by atoms with Crippen molar-refractivity contribution in [3.63, 3.8) is 0 Å². The van der Waals surface area contributed by atoms with Gasteiger partial charge in [-0.25, -0.2) is 0 Å². The largest absolute Gasteiger partial charge is 3.00 e. The molecule has 0 spiro atoms. The van der Waals surface area contributed by atoms with Crippen molar-refractivity contribution in [1.29, 1.82) is 0 Å². The van der Waals surface area contributed by atoms with Crippen molar-refractivity contribution in [1.82, 2.24) is 0 Å². The maximum Gasteiger partial charge on any atom is 3.00 e. The molecule has 0 unspecified atom stereocenters. The fourth-order valence-corrected chi connectivity index (χ4v) is 0. The van der Waals surface area contributed by atoms with Gasteiger partial charge in [-0.05, 0) is 0 Å². The van der Waals surface area contributed by atoms with Crippen molar-refractivity contribution in [2.75, 3.05) is 0 Å². The van der Waals surface area contributed by atoms with Gasteiger partial charge < -0.3 is 27.3 Å². The van der Waals surface area contributed by atoms with Crippen LogP contribution in [0.5, 0.6) is 0 Å². The summed E-state index contributed by atoms with van der Waals surface area (Å²) in [7, 11) is -15.5. The first-order chi connectivity index (χ1) is 6.00. The van der Waals surface area contributed by atoms with Crippen molar-refractivity contribution in [3.8, 4) is 0 Å². The Hall–Kier alpha value is 1.34. The Labute approximate surface area is 135 Å². The van der Waals surface area contributed by atoms with Crippen molar-refractivity contribution >= 4 is 48.6 Å². The standard InChI is InChI=1S/Al.La.3H2O4S/c;;3*1-5(2,3)4/h;;3*(H2,1,2,3,4)/q2*+3;;;/p-6. The zero-order valence-electron chi connectivity index (χ0n) is 7.28. The van der Waals surface area contributed by atoms with Crippen molar-refractivity contribution in [3.05, 3.63) is 0 Å². The van der Waals surface area contributed by atoms with E-state index in [1.807, 2.05) is 0 Å². The summed E-state index contributed by atoms with van der Waals surface area (Å²) >= 11 is 0. The van der Waals surface area contributed by atoms with Crippen LogP contribution in [0.3, 0.4) is 0 Å². The fourth-order valence-electron chi connectivity index (χ4n) is 0. The maximum atomic E-state index is 8.52. The van der Waals surface area contributed by atoms with Crippen LogP contribution in [0.1, 0.15) is 0 Å². The second kappa shape index (κ2) is 12.4. The van der Waals surface area contributed by atoms with E-state index in [4.69, 9.17) is 52.6 Å². The minimum atomic E-state index is -5.17. The van der Waals surface area contributed by atoms with E-state index in [2.05, 4.69) is 0 Å². The summed E-state index contributed by atoms with van der Waals surface area (Å²) in [5.41, 5.74) is 0. The molecule has 0 aliphatic carbocycles. The van der Waals surface area contributed by atoms with E-state index >= 15 is 0 Å². The molecule has 0 aromatic rings. The second-order valence-electron chi connectivity index (χ2n) is 1.22. The first-order valence-corrected chi connectivity index (χ1v) is 6.00. The third-order valence-corrected chi connectivity index (χ3v) is 0. The van der Waals surface area contributed by atoms with Gasteiger partial charge in [0, 0.05) is 31.2 Å². The molecular formula is AlLaO12S3. The Kier molecular flexibility index (Phi) is 22.6. The molecule has 0 amide bonds. The van der Waals surface area contributed by atoms with Gasteiger partial charge in [0.1, 0.15) is 0 Å². The van der Waals surface area contributed by atoms with Gasteiger partial charge in [0.05, 0.1) is 0 Å². The predicted octanol–water partition coefficient (Wildman–Crippen LogP) is -4.39. The molecule has 17 heteroatoms. The molecular weight excluding hydrogens is 454 g/mol. The molecule has 0 aromatic heterocycles. The van der Waals surface area contributed by atoms with Crippen LogP contribution in [-0.4, -0.2) is 69.9 Å². The van der Waals surface area contributed by atoms with Gasteiger partial charge >= 0.3 is 53.0 Å². The molecule has 0 aliphatic rings. The van der Waals surface area contributed by atoms with E-state index < -0.39 is 31.2 Å². The van der Waals surface area contributed by atoms with Crippen LogP contribution in [0.2, 0.25) is 0 Å². The topological polar surface area (TPSA) is 241 Å². The van der Waals surface area contributed by atoms with Crippen LogP contribution in [0.4, 0.5) is 0 Å². The van der Waals surface area contributed by atoms with Crippen LogP contribution in [0.25, 0.3) is 0 Å². The molecule has 0 N–H and O–H groups in total. The summed E-state index contributed by atoms with van der Waals surface area (Å²) in [5, 5.41) is 0. The van der Waals surface area contributed by atoms with E-state index in [9.17, 15) is 0 Å². The molecule has 96 valence electrons.